The van der Waals surface area contributed by atoms with E-state index in [1.165, 1.54) is 6.07 Å². The van der Waals surface area contributed by atoms with Crippen molar-refractivity contribution in [1.29, 1.82) is 0 Å². The lowest BCUT2D eigenvalue weighted by atomic mass is 9.82. The van der Waals surface area contributed by atoms with Crippen LogP contribution < -0.4 is 5.32 Å². The Bertz CT molecular complexity index is 433. The second-order valence-electron chi connectivity index (χ2n) is 6.12. The highest BCUT2D eigenvalue weighted by Crippen LogP contribution is 2.41. The predicted molar refractivity (Wildman–Crippen MR) is 74.1 cm³/mol. The minimum Gasteiger partial charge on any atom is -0.314 e. The molecule has 0 amide bonds. The highest BCUT2D eigenvalue weighted by molar-refractivity contribution is 5.20. The van der Waals surface area contributed by atoms with E-state index in [0.29, 0.717) is 18.0 Å². The van der Waals surface area contributed by atoms with Crippen molar-refractivity contribution >= 4 is 0 Å². The number of rotatable bonds is 5. The quantitative estimate of drug-likeness (QED) is 0.848. The average Bonchev–Trinajstić information content (AvgIpc) is 2.72. The summed E-state index contributed by atoms with van der Waals surface area (Å²) in [4.78, 5) is 0. The maximum Gasteiger partial charge on any atom is 0.129 e. The highest BCUT2D eigenvalue weighted by Gasteiger charge is 2.35. The van der Waals surface area contributed by atoms with E-state index in [9.17, 15) is 8.78 Å². The van der Waals surface area contributed by atoms with Crippen LogP contribution in [0.1, 0.15) is 45.1 Å². The summed E-state index contributed by atoms with van der Waals surface area (Å²) in [5, 5.41) is 3.54. The number of hydrogen-bond donors (Lipinski definition) is 1. The normalized spacial score (nSPS) is 26.8. The fraction of sp³-hybridized carbons (Fsp3) is 0.625. The molecule has 1 aromatic rings. The summed E-state index contributed by atoms with van der Waals surface area (Å²) in [5.74, 6) is -0.911. The zero-order chi connectivity index (χ0) is 13.9. The van der Waals surface area contributed by atoms with E-state index in [4.69, 9.17) is 0 Å². The van der Waals surface area contributed by atoms with E-state index in [1.54, 1.807) is 6.07 Å². The van der Waals surface area contributed by atoms with Gasteiger partial charge in [-0.1, -0.05) is 19.9 Å². The molecule has 2 atom stereocenters. The van der Waals surface area contributed by atoms with Crippen molar-refractivity contribution in [1.82, 2.24) is 5.32 Å². The summed E-state index contributed by atoms with van der Waals surface area (Å²) in [7, 11) is 0. The van der Waals surface area contributed by atoms with Gasteiger partial charge in [0.05, 0.1) is 0 Å². The first-order valence-corrected chi connectivity index (χ1v) is 7.20. The molecule has 0 spiro atoms. The van der Waals surface area contributed by atoms with Crippen LogP contribution in [-0.2, 0) is 6.42 Å². The van der Waals surface area contributed by atoms with Crippen LogP contribution in [0.3, 0.4) is 0 Å². The second-order valence-corrected chi connectivity index (χ2v) is 6.12. The molecule has 2 rings (SSSR count). The maximum absolute atomic E-state index is 13.7. The largest absolute Gasteiger partial charge is 0.314 e. The molecule has 0 aliphatic heterocycles. The van der Waals surface area contributed by atoms with Gasteiger partial charge >= 0.3 is 0 Å². The third-order valence-electron chi connectivity index (χ3n) is 4.15. The van der Waals surface area contributed by atoms with Crippen molar-refractivity contribution in [2.24, 2.45) is 5.41 Å². The molecule has 0 radical (unpaired) electrons. The molecule has 0 bridgehead atoms. The summed E-state index contributed by atoms with van der Waals surface area (Å²) in [6.07, 6.45) is 5.16. The molecular weight excluding hydrogens is 244 g/mol. The van der Waals surface area contributed by atoms with Crippen molar-refractivity contribution in [3.63, 3.8) is 0 Å². The molecule has 1 aliphatic carbocycles. The van der Waals surface area contributed by atoms with Crippen LogP contribution in [0.15, 0.2) is 18.2 Å². The third kappa shape index (κ3) is 3.75. The van der Waals surface area contributed by atoms with Crippen LogP contribution >= 0.6 is 0 Å². The van der Waals surface area contributed by atoms with Crippen molar-refractivity contribution in [2.75, 3.05) is 6.54 Å². The van der Waals surface area contributed by atoms with Crippen LogP contribution in [0.5, 0.6) is 0 Å². The Kier molecular flexibility index (Phi) is 4.56. The monoisotopic (exact) mass is 267 g/mol. The van der Waals surface area contributed by atoms with Crippen LogP contribution in [0, 0.1) is 17.0 Å². The summed E-state index contributed by atoms with van der Waals surface area (Å²) in [6.45, 7) is 5.42. The minimum atomic E-state index is -0.500. The van der Waals surface area contributed by atoms with Gasteiger partial charge in [-0.2, -0.15) is 0 Å². The molecule has 1 aromatic carbocycles. The smallest absolute Gasteiger partial charge is 0.129 e. The van der Waals surface area contributed by atoms with Gasteiger partial charge in [0, 0.05) is 12.1 Å². The first-order valence-electron chi connectivity index (χ1n) is 7.20. The number of hydrogen-bond acceptors (Lipinski definition) is 1. The van der Waals surface area contributed by atoms with Gasteiger partial charge in [-0.3, -0.25) is 0 Å². The van der Waals surface area contributed by atoms with E-state index >= 15 is 0 Å². The van der Waals surface area contributed by atoms with Gasteiger partial charge in [-0.25, -0.2) is 8.78 Å². The molecule has 1 fully saturated rings. The van der Waals surface area contributed by atoms with E-state index in [-0.39, 0.29) is 5.41 Å². The Hall–Kier alpha value is -0.960. The summed E-state index contributed by atoms with van der Waals surface area (Å²) < 4.78 is 26.6. The van der Waals surface area contributed by atoms with Crippen LogP contribution in [0.2, 0.25) is 0 Å². The van der Waals surface area contributed by atoms with Crippen LogP contribution in [-0.4, -0.2) is 12.6 Å². The van der Waals surface area contributed by atoms with E-state index < -0.39 is 11.6 Å². The van der Waals surface area contributed by atoms with Crippen molar-refractivity contribution < 1.29 is 8.78 Å². The standard InChI is InChI=1S/C16H23F2N/c1-3-8-19-14-6-7-16(2,11-14)10-12-4-5-13(17)9-15(12)18/h4-5,9,14,19H,3,6-8,10-11H2,1-2H3. The molecule has 1 N–H and O–H groups in total. The molecule has 1 nitrogen and oxygen atoms in total. The van der Waals surface area contributed by atoms with Gasteiger partial charge in [0.2, 0.25) is 0 Å². The third-order valence-corrected chi connectivity index (χ3v) is 4.15. The van der Waals surface area contributed by atoms with Crippen molar-refractivity contribution in [3.05, 3.63) is 35.4 Å². The molecule has 0 aromatic heterocycles. The number of nitrogens with one attached hydrogen (secondary N) is 1. The molecular formula is C16H23F2N. The second kappa shape index (κ2) is 6.00. The molecule has 1 aliphatic rings. The van der Waals surface area contributed by atoms with Gasteiger partial charge in [-0.15, -0.1) is 0 Å². The summed E-state index contributed by atoms with van der Waals surface area (Å²) in [6, 6.07) is 4.47. The first kappa shape index (κ1) is 14.4. The van der Waals surface area contributed by atoms with E-state index in [1.807, 2.05) is 0 Å². The van der Waals surface area contributed by atoms with E-state index in [0.717, 1.165) is 38.3 Å². The summed E-state index contributed by atoms with van der Waals surface area (Å²) >= 11 is 0. The Balaban J connectivity index is 1.98. The zero-order valence-corrected chi connectivity index (χ0v) is 11.8. The topological polar surface area (TPSA) is 12.0 Å². The van der Waals surface area contributed by atoms with Crippen molar-refractivity contribution in [2.45, 2.75) is 52.0 Å². The van der Waals surface area contributed by atoms with Gasteiger partial charge in [0.1, 0.15) is 11.6 Å². The molecule has 2 unspecified atom stereocenters. The fourth-order valence-corrected chi connectivity index (χ4v) is 3.13. The predicted octanol–water partition coefficient (Wildman–Crippen LogP) is 4.07. The first-order chi connectivity index (χ1) is 9.02. The molecule has 1 saturated carbocycles. The summed E-state index contributed by atoms with van der Waals surface area (Å²) in [5.41, 5.74) is 0.768. The van der Waals surface area contributed by atoms with Crippen molar-refractivity contribution in [3.8, 4) is 0 Å². The highest BCUT2D eigenvalue weighted by atomic mass is 19.1. The van der Waals surface area contributed by atoms with Gasteiger partial charge in [0.15, 0.2) is 0 Å². The molecule has 106 valence electrons. The molecule has 0 saturated heterocycles. The zero-order valence-electron chi connectivity index (χ0n) is 11.8. The maximum atomic E-state index is 13.7. The lowest BCUT2D eigenvalue weighted by Gasteiger charge is -2.25. The average molecular weight is 267 g/mol. The van der Waals surface area contributed by atoms with Gasteiger partial charge in [0.25, 0.3) is 0 Å². The lowest BCUT2D eigenvalue weighted by molar-refractivity contribution is 0.317. The van der Waals surface area contributed by atoms with Gasteiger partial charge in [-0.05, 0) is 55.7 Å². The fourth-order valence-electron chi connectivity index (χ4n) is 3.13. The number of halogens is 2. The minimum absolute atomic E-state index is 0.129. The Morgan fingerprint density at radius 1 is 1.37 bits per heavy atom. The SMILES string of the molecule is CCCNC1CCC(C)(Cc2ccc(F)cc2F)C1. The molecule has 0 heterocycles. The number of benzene rings is 1. The lowest BCUT2D eigenvalue weighted by Crippen LogP contribution is -2.29. The molecule has 3 heteroatoms. The van der Waals surface area contributed by atoms with Crippen LogP contribution in [0.25, 0.3) is 0 Å². The Labute approximate surface area is 114 Å². The molecule has 19 heavy (non-hydrogen) atoms. The van der Waals surface area contributed by atoms with E-state index in [2.05, 4.69) is 19.2 Å². The van der Waals surface area contributed by atoms with Crippen LogP contribution in [0.4, 0.5) is 8.78 Å². The Morgan fingerprint density at radius 3 is 2.84 bits per heavy atom. The van der Waals surface area contributed by atoms with Gasteiger partial charge < -0.3 is 5.32 Å². The Morgan fingerprint density at radius 2 is 2.16 bits per heavy atom.